The molecular formula is C17H22N4O. The molecule has 0 saturated carbocycles. The van der Waals surface area contributed by atoms with Gasteiger partial charge in [-0.2, -0.15) is 0 Å². The number of amides is 1. The Morgan fingerprint density at radius 3 is 3.09 bits per heavy atom. The molecule has 1 aliphatic heterocycles. The van der Waals surface area contributed by atoms with Gasteiger partial charge in [0.25, 0.3) is 0 Å². The van der Waals surface area contributed by atoms with Crippen LogP contribution < -0.4 is 5.32 Å². The first kappa shape index (κ1) is 14.8. The lowest BCUT2D eigenvalue weighted by Crippen LogP contribution is -2.39. The molecule has 2 aromatic rings. The van der Waals surface area contributed by atoms with Crippen molar-refractivity contribution >= 4 is 22.6 Å². The smallest absolute Gasteiger partial charge is 0.224 e. The van der Waals surface area contributed by atoms with Gasteiger partial charge in [0.15, 0.2) is 0 Å². The SMILES string of the molecule is CC1CCCN(C(=O)CCNc2ncnc3ccccc23)C1. The zero-order valence-corrected chi connectivity index (χ0v) is 13.0. The van der Waals surface area contributed by atoms with E-state index in [-0.39, 0.29) is 5.91 Å². The maximum absolute atomic E-state index is 12.3. The van der Waals surface area contributed by atoms with E-state index >= 15 is 0 Å². The Morgan fingerprint density at radius 2 is 2.23 bits per heavy atom. The van der Waals surface area contributed by atoms with Gasteiger partial charge in [0.1, 0.15) is 12.1 Å². The van der Waals surface area contributed by atoms with Crippen LogP contribution in [0.2, 0.25) is 0 Å². The van der Waals surface area contributed by atoms with Crippen LogP contribution in [0.1, 0.15) is 26.2 Å². The van der Waals surface area contributed by atoms with Crippen molar-refractivity contribution in [2.75, 3.05) is 25.0 Å². The lowest BCUT2D eigenvalue weighted by molar-refractivity contribution is -0.132. The van der Waals surface area contributed by atoms with Gasteiger partial charge >= 0.3 is 0 Å². The Morgan fingerprint density at radius 1 is 1.36 bits per heavy atom. The molecule has 1 aliphatic rings. The fourth-order valence-corrected chi connectivity index (χ4v) is 3.01. The molecule has 5 nitrogen and oxygen atoms in total. The zero-order chi connectivity index (χ0) is 15.4. The van der Waals surface area contributed by atoms with Crippen molar-refractivity contribution in [3.05, 3.63) is 30.6 Å². The molecule has 116 valence electrons. The first-order chi connectivity index (χ1) is 10.7. The summed E-state index contributed by atoms with van der Waals surface area (Å²) >= 11 is 0. The van der Waals surface area contributed by atoms with Gasteiger partial charge in [-0.3, -0.25) is 4.79 Å². The first-order valence-electron chi connectivity index (χ1n) is 7.95. The lowest BCUT2D eigenvalue weighted by Gasteiger charge is -2.31. The van der Waals surface area contributed by atoms with Crippen molar-refractivity contribution in [3.63, 3.8) is 0 Å². The van der Waals surface area contributed by atoms with E-state index in [1.807, 2.05) is 29.2 Å². The summed E-state index contributed by atoms with van der Waals surface area (Å²) in [5.74, 6) is 1.65. The minimum absolute atomic E-state index is 0.234. The van der Waals surface area contributed by atoms with E-state index in [2.05, 4.69) is 22.2 Å². The van der Waals surface area contributed by atoms with Crippen LogP contribution >= 0.6 is 0 Å². The van der Waals surface area contributed by atoms with Crippen molar-refractivity contribution in [2.45, 2.75) is 26.2 Å². The summed E-state index contributed by atoms with van der Waals surface area (Å²) in [7, 11) is 0. The van der Waals surface area contributed by atoms with Gasteiger partial charge in [0.05, 0.1) is 5.52 Å². The summed E-state index contributed by atoms with van der Waals surface area (Å²) in [5, 5.41) is 4.26. The Kier molecular flexibility index (Phi) is 4.51. The normalized spacial score (nSPS) is 18.4. The highest BCUT2D eigenvalue weighted by Crippen LogP contribution is 2.19. The van der Waals surface area contributed by atoms with Crippen LogP contribution in [0.5, 0.6) is 0 Å². The summed E-state index contributed by atoms with van der Waals surface area (Å²) in [6.07, 6.45) is 4.41. The van der Waals surface area contributed by atoms with Gasteiger partial charge in [-0.1, -0.05) is 19.1 Å². The Bertz CT molecular complexity index is 653. The molecule has 0 radical (unpaired) electrons. The van der Waals surface area contributed by atoms with Crippen LogP contribution in [0.25, 0.3) is 10.9 Å². The van der Waals surface area contributed by atoms with E-state index in [0.29, 0.717) is 18.9 Å². The fourth-order valence-electron chi connectivity index (χ4n) is 3.01. The summed E-state index contributed by atoms with van der Waals surface area (Å²) < 4.78 is 0. The van der Waals surface area contributed by atoms with Crippen LogP contribution in [-0.4, -0.2) is 40.4 Å². The lowest BCUT2D eigenvalue weighted by atomic mass is 10.00. The molecule has 2 heterocycles. The number of carbonyl (C=O) groups is 1. The molecule has 22 heavy (non-hydrogen) atoms. The molecule has 1 aromatic heterocycles. The number of fused-ring (bicyclic) bond motifs is 1. The monoisotopic (exact) mass is 298 g/mol. The third kappa shape index (κ3) is 3.35. The summed E-state index contributed by atoms with van der Waals surface area (Å²) in [5.41, 5.74) is 0.913. The number of aromatic nitrogens is 2. The standard InChI is InChI=1S/C17H22N4O/c1-13-5-4-10-21(11-13)16(22)8-9-18-17-14-6-2-3-7-15(14)19-12-20-17/h2-3,6-7,12-13H,4-5,8-11H2,1H3,(H,18,19,20). The fraction of sp³-hybridized carbons (Fsp3) is 0.471. The molecule has 1 atom stereocenters. The second kappa shape index (κ2) is 6.73. The van der Waals surface area contributed by atoms with Crippen LogP contribution in [0, 0.1) is 5.92 Å². The highest BCUT2D eigenvalue weighted by atomic mass is 16.2. The van der Waals surface area contributed by atoms with Crippen molar-refractivity contribution in [2.24, 2.45) is 5.92 Å². The third-order valence-corrected chi connectivity index (χ3v) is 4.18. The van der Waals surface area contributed by atoms with E-state index in [1.54, 1.807) is 6.33 Å². The second-order valence-corrected chi connectivity index (χ2v) is 6.00. The van der Waals surface area contributed by atoms with Gasteiger partial charge in [-0.05, 0) is 30.9 Å². The molecule has 3 rings (SSSR count). The quantitative estimate of drug-likeness (QED) is 0.943. The maximum atomic E-state index is 12.3. The number of nitrogens with one attached hydrogen (secondary N) is 1. The van der Waals surface area contributed by atoms with Gasteiger partial charge in [0.2, 0.25) is 5.91 Å². The number of piperidine rings is 1. The Hall–Kier alpha value is -2.17. The average Bonchev–Trinajstić information content (AvgIpc) is 2.55. The van der Waals surface area contributed by atoms with Gasteiger partial charge in [0, 0.05) is 31.4 Å². The minimum atomic E-state index is 0.234. The molecule has 1 fully saturated rings. The van der Waals surface area contributed by atoms with E-state index in [9.17, 15) is 4.79 Å². The van der Waals surface area contributed by atoms with Gasteiger partial charge < -0.3 is 10.2 Å². The molecule has 5 heteroatoms. The minimum Gasteiger partial charge on any atom is -0.369 e. The third-order valence-electron chi connectivity index (χ3n) is 4.18. The molecule has 0 bridgehead atoms. The number of carbonyl (C=O) groups excluding carboxylic acids is 1. The van der Waals surface area contributed by atoms with Crippen molar-refractivity contribution in [1.29, 1.82) is 0 Å². The number of benzene rings is 1. The molecule has 1 amide bonds. The predicted octanol–water partition coefficient (Wildman–Crippen LogP) is 2.69. The molecule has 1 N–H and O–H groups in total. The maximum Gasteiger partial charge on any atom is 0.224 e. The van der Waals surface area contributed by atoms with Crippen LogP contribution in [0.3, 0.4) is 0 Å². The van der Waals surface area contributed by atoms with E-state index < -0.39 is 0 Å². The topological polar surface area (TPSA) is 58.1 Å². The van der Waals surface area contributed by atoms with Crippen molar-refractivity contribution < 1.29 is 4.79 Å². The van der Waals surface area contributed by atoms with E-state index in [1.165, 1.54) is 6.42 Å². The summed E-state index contributed by atoms with van der Waals surface area (Å²) in [6.45, 7) is 4.62. The number of hydrogen-bond donors (Lipinski definition) is 1. The van der Waals surface area contributed by atoms with Crippen LogP contribution in [0.4, 0.5) is 5.82 Å². The molecule has 1 aromatic carbocycles. The highest BCUT2D eigenvalue weighted by molar-refractivity contribution is 5.88. The molecular weight excluding hydrogens is 276 g/mol. The highest BCUT2D eigenvalue weighted by Gasteiger charge is 2.20. The zero-order valence-electron chi connectivity index (χ0n) is 13.0. The second-order valence-electron chi connectivity index (χ2n) is 6.00. The average molecular weight is 298 g/mol. The summed E-state index contributed by atoms with van der Waals surface area (Å²) in [4.78, 5) is 22.8. The molecule has 0 aliphatic carbocycles. The molecule has 0 spiro atoms. The largest absolute Gasteiger partial charge is 0.369 e. The summed E-state index contributed by atoms with van der Waals surface area (Å²) in [6, 6.07) is 7.88. The van der Waals surface area contributed by atoms with Crippen molar-refractivity contribution in [3.8, 4) is 0 Å². The number of hydrogen-bond acceptors (Lipinski definition) is 4. The van der Waals surface area contributed by atoms with Gasteiger partial charge in [-0.15, -0.1) is 0 Å². The van der Waals surface area contributed by atoms with E-state index in [0.717, 1.165) is 36.2 Å². The van der Waals surface area contributed by atoms with E-state index in [4.69, 9.17) is 0 Å². The molecule has 1 saturated heterocycles. The van der Waals surface area contributed by atoms with Crippen molar-refractivity contribution in [1.82, 2.24) is 14.9 Å². The van der Waals surface area contributed by atoms with Crippen LogP contribution in [0.15, 0.2) is 30.6 Å². The predicted molar refractivity (Wildman–Crippen MR) is 87.6 cm³/mol. The van der Waals surface area contributed by atoms with Gasteiger partial charge in [-0.25, -0.2) is 9.97 Å². The number of para-hydroxylation sites is 1. The number of anilines is 1. The van der Waals surface area contributed by atoms with Crippen LogP contribution in [-0.2, 0) is 4.79 Å². The number of rotatable bonds is 4. The Balaban J connectivity index is 1.57. The Labute approximate surface area is 130 Å². The first-order valence-corrected chi connectivity index (χ1v) is 7.95. The molecule has 1 unspecified atom stereocenters. The number of nitrogens with zero attached hydrogens (tertiary/aromatic N) is 3. The number of likely N-dealkylation sites (tertiary alicyclic amines) is 1.